The van der Waals surface area contributed by atoms with E-state index in [1.807, 2.05) is 35.0 Å². The van der Waals surface area contributed by atoms with Gasteiger partial charge in [-0.15, -0.1) is 0 Å². The van der Waals surface area contributed by atoms with Crippen LogP contribution in [0.5, 0.6) is 0 Å². The summed E-state index contributed by atoms with van der Waals surface area (Å²) in [7, 11) is 0. The van der Waals surface area contributed by atoms with Crippen molar-refractivity contribution in [2.75, 3.05) is 0 Å². The number of aromatic carboxylic acids is 1. The van der Waals surface area contributed by atoms with Crippen LogP contribution in [-0.4, -0.2) is 20.9 Å². The maximum Gasteiger partial charge on any atom is 0.356 e. The van der Waals surface area contributed by atoms with Crippen molar-refractivity contribution in [2.45, 2.75) is 43.9 Å². The van der Waals surface area contributed by atoms with Crippen LogP contribution in [0.3, 0.4) is 0 Å². The first kappa shape index (κ1) is 12.6. The van der Waals surface area contributed by atoms with Gasteiger partial charge < -0.3 is 5.11 Å². The molecule has 4 rings (SSSR count). The zero-order valence-corrected chi connectivity index (χ0v) is 12.0. The molecular weight excluding hydrogens is 264 g/mol. The van der Waals surface area contributed by atoms with E-state index < -0.39 is 5.97 Å². The van der Waals surface area contributed by atoms with Gasteiger partial charge in [0.15, 0.2) is 5.69 Å². The van der Waals surface area contributed by atoms with Crippen molar-refractivity contribution in [2.24, 2.45) is 0 Å². The van der Waals surface area contributed by atoms with Crippen LogP contribution >= 0.6 is 0 Å². The normalized spacial score (nSPS) is 26.0. The van der Waals surface area contributed by atoms with Crippen LogP contribution in [0.1, 0.15) is 60.3 Å². The van der Waals surface area contributed by atoms with Crippen molar-refractivity contribution in [3.63, 3.8) is 0 Å². The number of carboxylic acids is 1. The molecular formula is C17H18N2O2. The number of carbonyl (C=O) groups is 1. The molecule has 0 saturated heterocycles. The molecule has 108 valence electrons. The lowest BCUT2D eigenvalue weighted by atomic mass is 9.78. The molecule has 0 radical (unpaired) electrons. The summed E-state index contributed by atoms with van der Waals surface area (Å²) >= 11 is 0. The lowest BCUT2D eigenvalue weighted by Gasteiger charge is -2.25. The van der Waals surface area contributed by atoms with Crippen LogP contribution in [0.15, 0.2) is 30.3 Å². The van der Waals surface area contributed by atoms with Gasteiger partial charge in [0.1, 0.15) is 0 Å². The second kappa shape index (κ2) is 4.20. The molecule has 21 heavy (non-hydrogen) atoms. The minimum Gasteiger partial charge on any atom is -0.476 e. The van der Waals surface area contributed by atoms with Gasteiger partial charge in [-0.3, -0.25) is 0 Å². The second-order valence-electron chi connectivity index (χ2n) is 6.23. The molecule has 4 nitrogen and oxygen atoms in total. The van der Waals surface area contributed by atoms with Gasteiger partial charge in [0.2, 0.25) is 0 Å². The summed E-state index contributed by atoms with van der Waals surface area (Å²) in [6, 6.07) is 9.87. The van der Waals surface area contributed by atoms with E-state index in [1.54, 1.807) is 0 Å². The zero-order valence-electron chi connectivity index (χ0n) is 12.0. The molecule has 4 heteroatoms. The van der Waals surface area contributed by atoms with Crippen molar-refractivity contribution in [1.82, 2.24) is 9.78 Å². The highest BCUT2D eigenvalue weighted by Gasteiger charge is 2.53. The molecule has 2 aromatic rings. The van der Waals surface area contributed by atoms with Crippen molar-refractivity contribution in [3.8, 4) is 5.69 Å². The predicted octanol–water partition coefficient (Wildman–Crippen LogP) is 3.50. The number of rotatable bonds is 3. The number of aromatic nitrogens is 2. The van der Waals surface area contributed by atoms with E-state index in [-0.39, 0.29) is 11.1 Å². The van der Waals surface area contributed by atoms with Gasteiger partial charge in [0, 0.05) is 16.9 Å². The fourth-order valence-electron chi connectivity index (χ4n) is 4.33. The third-order valence-electron chi connectivity index (χ3n) is 5.33. The average Bonchev–Trinajstić information content (AvgIpc) is 3.18. The van der Waals surface area contributed by atoms with Crippen LogP contribution in [0.2, 0.25) is 0 Å². The number of fused-ring (bicyclic) bond motifs is 5. The van der Waals surface area contributed by atoms with Gasteiger partial charge in [0.05, 0.1) is 11.4 Å². The van der Waals surface area contributed by atoms with Crippen LogP contribution < -0.4 is 0 Å². The molecule has 1 saturated carbocycles. The first-order chi connectivity index (χ1) is 10.2. The lowest BCUT2D eigenvalue weighted by molar-refractivity contribution is 0.0686. The predicted molar refractivity (Wildman–Crippen MR) is 79.1 cm³/mol. The molecule has 1 aromatic carbocycles. The van der Waals surface area contributed by atoms with Crippen molar-refractivity contribution >= 4 is 5.97 Å². The molecule has 1 fully saturated rings. The molecule has 1 aromatic heterocycles. The highest BCUT2D eigenvalue weighted by molar-refractivity contribution is 5.89. The molecule has 2 aliphatic rings. The number of hydrogen-bond donors (Lipinski definition) is 1. The van der Waals surface area contributed by atoms with Gasteiger partial charge in [-0.25, -0.2) is 9.48 Å². The Morgan fingerprint density at radius 1 is 1.43 bits per heavy atom. The van der Waals surface area contributed by atoms with Gasteiger partial charge >= 0.3 is 5.97 Å². The Bertz CT molecular complexity index is 720. The smallest absolute Gasteiger partial charge is 0.356 e. The maximum absolute atomic E-state index is 11.7. The number of para-hydroxylation sites is 1. The van der Waals surface area contributed by atoms with Crippen molar-refractivity contribution in [1.29, 1.82) is 0 Å². The first-order valence-electron chi connectivity index (χ1n) is 7.58. The standard InChI is InChI=1S/C17H18N2O2/c1-2-17-9-8-11(10-17)15-13(17)14(16(20)21)18-19(15)12-6-4-3-5-7-12/h3-7,11H,2,8-10H2,1H3,(H,20,21). The highest BCUT2D eigenvalue weighted by Crippen LogP contribution is 2.60. The number of hydrogen-bond acceptors (Lipinski definition) is 2. The molecule has 2 atom stereocenters. The number of carboxylic acid groups (broad SMARTS) is 1. The van der Waals surface area contributed by atoms with Crippen LogP contribution in [0.25, 0.3) is 5.69 Å². The second-order valence-corrected chi connectivity index (χ2v) is 6.23. The number of benzene rings is 1. The third kappa shape index (κ3) is 1.56. The van der Waals surface area contributed by atoms with Crippen LogP contribution in [0, 0.1) is 0 Å². The van der Waals surface area contributed by atoms with Crippen molar-refractivity contribution in [3.05, 3.63) is 47.3 Å². The summed E-state index contributed by atoms with van der Waals surface area (Å²) in [4.78, 5) is 11.7. The summed E-state index contributed by atoms with van der Waals surface area (Å²) in [5, 5.41) is 14.0. The minimum absolute atomic E-state index is 0.0424. The Balaban J connectivity index is 1.99. The molecule has 0 spiro atoms. The zero-order chi connectivity index (χ0) is 14.6. The monoisotopic (exact) mass is 282 g/mol. The maximum atomic E-state index is 11.7. The van der Waals surface area contributed by atoms with Crippen LogP contribution in [-0.2, 0) is 5.41 Å². The molecule has 2 bridgehead atoms. The van der Waals surface area contributed by atoms with E-state index in [0.29, 0.717) is 5.92 Å². The van der Waals surface area contributed by atoms with Crippen molar-refractivity contribution < 1.29 is 9.90 Å². The SMILES string of the molecule is CCC12CCC(C1)c1c2c(C(=O)O)nn1-c1ccccc1. The Labute approximate surface area is 123 Å². The Kier molecular flexibility index (Phi) is 2.52. The largest absolute Gasteiger partial charge is 0.476 e. The Morgan fingerprint density at radius 2 is 2.19 bits per heavy atom. The Morgan fingerprint density at radius 3 is 2.86 bits per heavy atom. The first-order valence-corrected chi connectivity index (χ1v) is 7.58. The van der Waals surface area contributed by atoms with E-state index in [9.17, 15) is 9.90 Å². The van der Waals surface area contributed by atoms with Gasteiger partial charge in [-0.05, 0) is 37.8 Å². The highest BCUT2D eigenvalue weighted by atomic mass is 16.4. The summed E-state index contributed by atoms with van der Waals surface area (Å²) in [5.41, 5.74) is 3.42. The molecule has 2 unspecified atom stereocenters. The van der Waals surface area contributed by atoms with Crippen LogP contribution in [0.4, 0.5) is 0 Å². The van der Waals surface area contributed by atoms with Gasteiger partial charge in [-0.1, -0.05) is 25.1 Å². The minimum atomic E-state index is -0.902. The molecule has 0 aliphatic heterocycles. The van der Waals surface area contributed by atoms with E-state index >= 15 is 0 Å². The molecule has 0 amide bonds. The van der Waals surface area contributed by atoms with E-state index in [1.165, 1.54) is 0 Å². The summed E-state index contributed by atoms with van der Waals surface area (Å²) in [6.07, 6.45) is 4.33. The van der Waals surface area contributed by atoms with E-state index in [0.717, 1.165) is 42.6 Å². The molecule has 2 aliphatic carbocycles. The molecule has 1 N–H and O–H groups in total. The summed E-state index contributed by atoms with van der Waals surface area (Å²) in [6.45, 7) is 2.17. The summed E-state index contributed by atoms with van der Waals surface area (Å²) < 4.78 is 1.88. The summed E-state index contributed by atoms with van der Waals surface area (Å²) in [5.74, 6) is -0.443. The van der Waals surface area contributed by atoms with E-state index in [4.69, 9.17) is 0 Å². The van der Waals surface area contributed by atoms with Gasteiger partial charge in [0.25, 0.3) is 0 Å². The quantitative estimate of drug-likeness (QED) is 0.937. The number of nitrogens with zero attached hydrogens (tertiary/aromatic N) is 2. The molecule has 1 heterocycles. The lowest BCUT2D eigenvalue weighted by Crippen LogP contribution is -2.22. The van der Waals surface area contributed by atoms with E-state index in [2.05, 4.69) is 12.0 Å². The third-order valence-corrected chi connectivity index (χ3v) is 5.33. The fraction of sp³-hybridized carbons (Fsp3) is 0.412. The van der Waals surface area contributed by atoms with Gasteiger partial charge in [-0.2, -0.15) is 5.10 Å². The fourth-order valence-corrected chi connectivity index (χ4v) is 4.33. The average molecular weight is 282 g/mol. The Hall–Kier alpha value is -2.10. The topological polar surface area (TPSA) is 55.1 Å².